The lowest BCUT2D eigenvalue weighted by atomic mass is 9.74. The predicted molar refractivity (Wildman–Crippen MR) is 134 cm³/mol. The number of allylic oxidation sites excluding steroid dienone is 1. The van der Waals surface area contributed by atoms with Crippen LogP contribution in [-0.2, 0) is 19.6 Å². The topological polar surface area (TPSA) is 216 Å². The van der Waals surface area contributed by atoms with Gasteiger partial charge in [-0.05, 0) is 50.6 Å². The van der Waals surface area contributed by atoms with Crippen LogP contribution in [0, 0.1) is 10.8 Å². The second-order valence-electron chi connectivity index (χ2n) is 9.13. The largest absolute Gasteiger partial charge is 0.509 e. The third-order valence-corrected chi connectivity index (χ3v) is 7.95. The summed E-state index contributed by atoms with van der Waals surface area (Å²) >= 11 is 0. The first-order valence-corrected chi connectivity index (χ1v) is 12.3. The number of imidazole rings is 1. The number of aliphatic hydroxyl groups is 1. The van der Waals surface area contributed by atoms with E-state index in [1.165, 1.54) is 38.1 Å². The van der Waals surface area contributed by atoms with Gasteiger partial charge in [-0.1, -0.05) is 23.8 Å². The van der Waals surface area contributed by atoms with E-state index in [-0.39, 0.29) is 46.1 Å². The number of phenolic OH excluding ortho intramolecular Hbond substituents is 1. The molecular formula is C24H25N5O6S. The van der Waals surface area contributed by atoms with Crippen molar-refractivity contribution in [3.63, 3.8) is 0 Å². The Bertz CT molecular complexity index is 1600. The summed E-state index contributed by atoms with van der Waals surface area (Å²) in [5.74, 6) is -2.71. The maximum Gasteiger partial charge on any atom is 0.313 e. The molecule has 9 N–H and O–H groups in total. The number of amidine groups is 1. The number of carboxylic acids is 1. The maximum absolute atomic E-state index is 13.3. The summed E-state index contributed by atoms with van der Waals surface area (Å²) in [4.78, 5) is 19.4. The van der Waals surface area contributed by atoms with Crippen LogP contribution in [-0.4, -0.2) is 45.5 Å². The molecule has 0 aliphatic heterocycles. The van der Waals surface area contributed by atoms with Gasteiger partial charge < -0.3 is 26.0 Å². The van der Waals surface area contributed by atoms with Crippen LogP contribution < -0.4 is 10.9 Å². The monoisotopic (exact) mass is 511 g/mol. The lowest BCUT2D eigenvalue weighted by Crippen LogP contribution is -2.45. The second-order valence-corrected chi connectivity index (χ2v) is 10.9. The number of benzene rings is 2. The lowest BCUT2D eigenvalue weighted by molar-refractivity contribution is -0.144. The number of aliphatic carboxylic acids is 1. The fourth-order valence-corrected chi connectivity index (χ4v) is 5.30. The molecule has 1 heterocycles. The number of H-pyrrole nitrogens is 1. The van der Waals surface area contributed by atoms with Crippen LogP contribution in [0.5, 0.6) is 5.75 Å². The maximum atomic E-state index is 13.3. The summed E-state index contributed by atoms with van der Waals surface area (Å²) in [5.41, 5.74) is 5.17. The second kappa shape index (κ2) is 8.21. The van der Waals surface area contributed by atoms with Gasteiger partial charge in [0.05, 0.1) is 16.4 Å². The Morgan fingerprint density at radius 1 is 1.19 bits per heavy atom. The van der Waals surface area contributed by atoms with Crippen LogP contribution >= 0.6 is 0 Å². The number of hydrogen-bond donors (Lipinski definition) is 7. The quantitative estimate of drug-likeness (QED) is 0.148. The number of fused-ring (bicyclic) bond motifs is 1. The first-order chi connectivity index (χ1) is 16.7. The number of nitrogens with zero attached hydrogens (tertiary/aromatic N) is 1. The van der Waals surface area contributed by atoms with Crippen molar-refractivity contribution in [3.8, 4) is 5.75 Å². The van der Waals surface area contributed by atoms with Crippen LogP contribution in [0.25, 0.3) is 16.6 Å². The highest BCUT2D eigenvalue weighted by Gasteiger charge is 2.54. The fraction of sp³-hybridized carbons (Fsp3) is 0.208. The molecule has 1 aliphatic carbocycles. The molecular weight excluding hydrogens is 486 g/mol. The van der Waals surface area contributed by atoms with Gasteiger partial charge in [-0.2, -0.15) is 0 Å². The Morgan fingerprint density at radius 2 is 1.86 bits per heavy atom. The number of sulfonamides is 1. The van der Waals surface area contributed by atoms with E-state index in [0.29, 0.717) is 11.1 Å². The molecule has 1 unspecified atom stereocenters. The van der Waals surface area contributed by atoms with Crippen LogP contribution in [0.4, 0.5) is 0 Å². The summed E-state index contributed by atoms with van der Waals surface area (Å²) in [6.07, 6.45) is 0.938. The van der Waals surface area contributed by atoms with Gasteiger partial charge in [0.2, 0.25) is 14.8 Å². The molecule has 1 aromatic heterocycles. The van der Waals surface area contributed by atoms with Gasteiger partial charge in [0.15, 0.2) is 0 Å². The Kier molecular flexibility index (Phi) is 5.69. The summed E-state index contributed by atoms with van der Waals surface area (Å²) < 4.78 is 24.1. The molecule has 36 heavy (non-hydrogen) atoms. The molecule has 0 spiro atoms. The van der Waals surface area contributed by atoms with Crippen molar-refractivity contribution in [1.29, 1.82) is 5.41 Å². The SMILES string of the molecule is CC(C)(C(=O)O)C1=CC(c2nc3cc(C(=N)N)ccc3[nH]2)(S(N)(=O)=O)C(O)=C(c2ccccc2O)C1. The molecule has 0 amide bonds. The number of aromatic hydroxyl groups is 1. The molecule has 0 saturated heterocycles. The van der Waals surface area contributed by atoms with Gasteiger partial charge in [-0.25, -0.2) is 18.5 Å². The van der Waals surface area contributed by atoms with Gasteiger partial charge >= 0.3 is 5.97 Å². The van der Waals surface area contributed by atoms with Crippen LogP contribution in [0.3, 0.4) is 0 Å². The molecule has 12 heteroatoms. The zero-order chi connectivity index (χ0) is 26.6. The van der Waals surface area contributed by atoms with E-state index in [1.54, 1.807) is 18.2 Å². The van der Waals surface area contributed by atoms with Crippen LogP contribution in [0.2, 0.25) is 0 Å². The average Bonchev–Trinajstić information content (AvgIpc) is 3.22. The molecule has 0 bridgehead atoms. The fourth-order valence-electron chi connectivity index (χ4n) is 4.23. The number of nitrogen functional groups attached to an aromatic ring is 1. The first kappa shape index (κ1) is 24.9. The highest BCUT2D eigenvalue weighted by Crippen LogP contribution is 2.50. The Hall–Kier alpha value is -4.16. The first-order valence-electron chi connectivity index (χ1n) is 10.7. The molecule has 11 nitrogen and oxygen atoms in total. The van der Waals surface area contributed by atoms with Crippen LogP contribution in [0.1, 0.15) is 37.2 Å². The minimum Gasteiger partial charge on any atom is -0.509 e. The minimum absolute atomic E-state index is 0.0150. The number of nitrogens with two attached hydrogens (primary N) is 2. The molecule has 3 aromatic rings. The zero-order valence-corrected chi connectivity index (χ0v) is 20.2. The van der Waals surface area contributed by atoms with E-state index in [2.05, 4.69) is 9.97 Å². The zero-order valence-electron chi connectivity index (χ0n) is 19.4. The Morgan fingerprint density at radius 3 is 2.44 bits per heavy atom. The lowest BCUT2D eigenvalue weighted by Gasteiger charge is -2.36. The van der Waals surface area contributed by atoms with Crippen molar-refractivity contribution in [1.82, 2.24) is 9.97 Å². The minimum atomic E-state index is -4.76. The molecule has 0 saturated carbocycles. The molecule has 0 fully saturated rings. The third kappa shape index (κ3) is 3.71. The van der Waals surface area contributed by atoms with Crippen molar-refractivity contribution in [3.05, 3.63) is 76.8 Å². The number of rotatable bonds is 6. The molecule has 4 rings (SSSR count). The molecule has 1 atom stereocenters. The van der Waals surface area contributed by atoms with Gasteiger partial charge in [0, 0.05) is 16.7 Å². The molecule has 2 aromatic carbocycles. The van der Waals surface area contributed by atoms with Gasteiger partial charge in [-0.15, -0.1) is 0 Å². The number of para-hydroxylation sites is 1. The Balaban J connectivity index is 2.13. The van der Waals surface area contributed by atoms with Crippen molar-refractivity contribution < 1.29 is 28.5 Å². The number of phenols is 1. The molecule has 188 valence electrons. The van der Waals surface area contributed by atoms with Crippen molar-refractivity contribution in [2.24, 2.45) is 16.3 Å². The summed E-state index contributed by atoms with van der Waals surface area (Å²) in [6, 6.07) is 10.5. The highest BCUT2D eigenvalue weighted by atomic mass is 32.2. The molecule has 1 aliphatic rings. The van der Waals surface area contributed by atoms with Crippen molar-refractivity contribution in [2.75, 3.05) is 0 Å². The summed E-state index contributed by atoms with van der Waals surface area (Å²) in [7, 11) is -4.76. The van der Waals surface area contributed by atoms with E-state index in [1.807, 2.05) is 0 Å². The van der Waals surface area contributed by atoms with Gasteiger partial charge in [-0.3, -0.25) is 10.2 Å². The predicted octanol–water partition coefficient (Wildman–Crippen LogP) is 2.45. The van der Waals surface area contributed by atoms with E-state index in [9.17, 15) is 28.5 Å². The highest BCUT2D eigenvalue weighted by molar-refractivity contribution is 7.90. The number of nitrogens with one attached hydrogen (secondary N) is 2. The van der Waals surface area contributed by atoms with Crippen molar-refractivity contribution >= 4 is 38.4 Å². The number of aromatic amines is 1. The van der Waals surface area contributed by atoms with E-state index in [0.717, 1.165) is 6.08 Å². The van der Waals surface area contributed by atoms with E-state index in [4.69, 9.17) is 16.3 Å². The van der Waals surface area contributed by atoms with Crippen LogP contribution in [0.15, 0.2) is 59.9 Å². The molecule has 0 radical (unpaired) electrons. The number of hydrogen-bond acceptors (Lipinski definition) is 7. The summed E-state index contributed by atoms with van der Waals surface area (Å²) in [6.45, 7) is 2.80. The third-order valence-electron chi connectivity index (χ3n) is 6.54. The standard InChI is InChI=1S/C24H25N5O6S/c1-23(2,22(32)33)13-10-15(14-5-3-4-6-18(14)30)19(31)24(11-13,36(27,34)35)21-28-16-8-7-12(20(25)26)9-17(16)29-21/h3-9,11,30-31H,10H2,1-2H3,(H3,25,26)(H,28,29)(H,32,33)(H2,27,34,35). The average molecular weight is 512 g/mol. The van der Waals surface area contributed by atoms with E-state index >= 15 is 0 Å². The van der Waals surface area contributed by atoms with Crippen molar-refractivity contribution in [2.45, 2.75) is 25.0 Å². The Labute approximate surface area is 206 Å². The smallest absolute Gasteiger partial charge is 0.313 e. The number of carboxylic acid groups (broad SMARTS) is 1. The van der Waals surface area contributed by atoms with Gasteiger partial charge in [0.1, 0.15) is 23.2 Å². The normalized spacial score (nSPS) is 18.8. The number of primary sulfonamides is 1. The summed E-state index contributed by atoms with van der Waals surface area (Å²) in [5, 5.41) is 45.3. The van der Waals surface area contributed by atoms with E-state index < -0.39 is 31.9 Å². The number of aliphatic hydroxyl groups excluding tert-OH is 1. The number of aromatic nitrogens is 2. The van der Waals surface area contributed by atoms with Gasteiger partial charge in [0.25, 0.3) is 0 Å². The number of carbonyl (C=O) groups is 1.